The molecule has 1 heterocycles. The molecule has 4 nitrogen and oxygen atoms in total. The maximum Gasteiger partial charge on any atom is 0.421 e. The SMILES string of the molecule is CC.O=Cc1ccc(OC(F)(F)CO)cn1. The molecule has 0 fully saturated rings. The Labute approximate surface area is 91.9 Å². The van der Waals surface area contributed by atoms with Crippen molar-refractivity contribution in [2.75, 3.05) is 6.61 Å². The van der Waals surface area contributed by atoms with Crippen LogP contribution in [-0.2, 0) is 0 Å². The molecule has 1 aromatic rings. The summed E-state index contributed by atoms with van der Waals surface area (Å²) in [6, 6.07) is 2.40. The predicted molar refractivity (Wildman–Crippen MR) is 53.6 cm³/mol. The number of nitrogens with zero attached hydrogens (tertiary/aromatic N) is 1. The van der Waals surface area contributed by atoms with Crippen molar-refractivity contribution in [3.8, 4) is 5.75 Å². The lowest BCUT2D eigenvalue weighted by atomic mass is 10.4. The van der Waals surface area contributed by atoms with Gasteiger partial charge in [0.1, 0.15) is 18.1 Å². The molecule has 0 unspecified atom stereocenters. The molecule has 90 valence electrons. The van der Waals surface area contributed by atoms with Gasteiger partial charge >= 0.3 is 6.11 Å². The Morgan fingerprint density at radius 1 is 1.50 bits per heavy atom. The first-order chi connectivity index (χ1) is 7.57. The zero-order valence-electron chi connectivity index (χ0n) is 8.98. The van der Waals surface area contributed by atoms with E-state index in [1.807, 2.05) is 13.8 Å². The number of carbonyl (C=O) groups excluding carboxylic acids is 1. The monoisotopic (exact) mass is 233 g/mol. The van der Waals surface area contributed by atoms with Crippen LogP contribution in [0.3, 0.4) is 0 Å². The molecule has 0 atom stereocenters. The number of aldehydes is 1. The predicted octanol–water partition coefficient (Wildman–Crippen LogP) is 1.88. The third-order valence-corrected chi connectivity index (χ3v) is 1.33. The maximum atomic E-state index is 12.5. The zero-order valence-corrected chi connectivity index (χ0v) is 8.98. The van der Waals surface area contributed by atoms with Crippen LogP contribution in [0.4, 0.5) is 8.78 Å². The van der Waals surface area contributed by atoms with Crippen LogP contribution >= 0.6 is 0 Å². The third-order valence-electron chi connectivity index (χ3n) is 1.33. The standard InChI is InChI=1S/C8H7F2NO3.C2H6/c9-8(10,5-13)14-7-2-1-6(4-12)11-3-7;1-2/h1-4,13H,5H2;1-2H3. The fraction of sp³-hybridized carbons (Fsp3) is 0.400. The fourth-order valence-corrected chi connectivity index (χ4v) is 0.727. The molecule has 16 heavy (non-hydrogen) atoms. The van der Waals surface area contributed by atoms with Crippen molar-refractivity contribution in [1.82, 2.24) is 4.98 Å². The van der Waals surface area contributed by atoms with Crippen molar-refractivity contribution in [2.45, 2.75) is 20.0 Å². The molecular formula is C10H13F2NO3. The largest absolute Gasteiger partial charge is 0.429 e. The minimum atomic E-state index is -3.63. The second-order valence-electron chi connectivity index (χ2n) is 2.43. The van der Waals surface area contributed by atoms with Gasteiger partial charge in [-0.25, -0.2) is 4.98 Å². The molecule has 0 saturated carbocycles. The van der Waals surface area contributed by atoms with Crippen molar-refractivity contribution < 1.29 is 23.4 Å². The van der Waals surface area contributed by atoms with Gasteiger partial charge in [-0.3, -0.25) is 4.79 Å². The van der Waals surface area contributed by atoms with Crippen molar-refractivity contribution in [2.24, 2.45) is 0 Å². The van der Waals surface area contributed by atoms with E-state index in [-0.39, 0.29) is 11.4 Å². The number of alkyl halides is 2. The Hall–Kier alpha value is -1.56. The summed E-state index contributed by atoms with van der Waals surface area (Å²) in [6.45, 7) is 2.59. The van der Waals surface area contributed by atoms with Gasteiger partial charge in [-0.15, -0.1) is 0 Å². The Kier molecular flexibility index (Phi) is 6.17. The normalized spacial score (nSPS) is 10.1. The molecule has 1 rings (SSSR count). The van der Waals surface area contributed by atoms with Crippen LogP contribution in [0.15, 0.2) is 18.3 Å². The van der Waals surface area contributed by atoms with Gasteiger partial charge in [-0.1, -0.05) is 13.8 Å². The molecule has 0 amide bonds. The lowest BCUT2D eigenvalue weighted by Gasteiger charge is -2.14. The summed E-state index contributed by atoms with van der Waals surface area (Å²) in [5.74, 6) is -0.213. The molecule has 0 aliphatic heterocycles. The highest BCUT2D eigenvalue weighted by Crippen LogP contribution is 2.19. The van der Waals surface area contributed by atoms with Gasteiger partial charge in [-0.2, -0.15) is 8.78 Å². The van der Waals surface area contributed by atoms with Gasteiger partial charge in [0, 0.05) is 0 Å². The number of carbonyl (C=O) groups is 1. The van der Waals surface area contributed by atoms with Gasteiger partial charge < -0.3 is 9.84 Å². The molecule has 1 aromatic heterocycles. The number of aliphatic hydroxyl groups is 1. The highest BCUT2D eigenvalue weighted by molar-refractivity contribution is 5.71. The molecule has 0 aliphatic rings. The molecule has 6 heteroatoms. The van der Waals surface area contributed by atoms with Crippen molar-refractivity contribution in [3.05, 3.63) is 24.0 Å². The summed E-state index contributed by atoms with van der Waals surface area (Å²) >= 11 is 0. The number of pyridine rings is 1. The summed E-state index contributed by atoms with van der Waals surface area (Å²) in [5.41, 5.74) is 0.115. The molecule has 1 N–H and O–H groups in total. The van der Waals surface area contributed by atoms with E-state index in [1.165, 1.54) is 12.1 Å². The highest BCUT2D eigenvalue weighted by Gasteiger charge is 2.30. The minimum absolute atomic E-state index is 0.115. The average molecular weight is 233 g/mol. The maximum absolute atomic E-state index is 12.5. The first-order valence-corrected chi connectivity index (χ1v) is 4.66. The first kappa shape index (κ1) is 14.4. The third kappa shape index (κ3) is 4.79. The lowest BCUT2D eigenvalue weighted by molar-refractivity contribution is -0.201. The summed E-state index contributed by atoms with van der Waals surface area (Å²) in [4.78, 5) is 13.7. The lowest BCUT2D eigenvalue weighted by Crippen LogP contribution is -2.29. The summed E-state index contributed by atoms with van der Waals surface area (Å²) < 4.78 is 29.0. The summed E-state index contributed by atoms with van der Waals surface area (Å²) in [7, 11) is 0. The number of hydrogen-bond donors (Lipinski definition) is 1. The molecule has 0 aromatic carbocycles. The zero-order chi connectivity index (χ0) is 12.6. The van der Waals surface area contributed by atoms with E-state index in [0.29, 0.717) is 6.29 Å². The van der Waals surface area contributed by atoms with Gasteiger partial charge in [0.15, 0.2) is 6.29 Å². The van der Waals surface area contributed by atoms with Crippen LogP contribution in [0.5, 0.6) is 5.75 Å². The molecule has 0 bridgehead atoms. The van der Waals surface area contributed by atoms with Crippen LogP contribution in [0.25, 0.3) is 0 Å². The van der Waals surface area contributed by atoms with E-state index < -0.39 is 12.7 Å². The summed E-state index contributed by atoms with van der Waals surface area (Å²) in [6.07, 6.45) is -2.17. The van der Waals surface area contributed by atoms with Crippen LogP contribution in [-0.4, -0.2) is 29.1 Å². The number of ether oxygens (including phenoxy) is 1. The van der Waals surface area contributed by atoms with Gasteiger partial charge in [0.2, 0.25) is 0 Å². The molecule has 0 spiro atoms. The smallest absolute Gasteiger partial charge is 0.421 e. The number of aromatic nitrogens is 1. The number of halogens is 2. The van der Waals surface area contributed by atoms with Crippen LogP contribution in [0.2, 0.25) is 0 Å². The van der Waals surface area contributed by atoms with Crippen LogP contribution in [0, 0.1) is 0 Å². The molecular weight excluding hydrogens is 220 g/mol. The fourth-order valence-electron chi connectivity index (χ4n) is 0.727. The Balaban J connectivity index is 0.00000106. The topological polar surface area (TPSA) is 59.4 Å². The van der Waals surface area contributed by atoms with Crippen LogP contribution < -0.4 is 4.74 Å². The van der Waals surface area contributed by atoms with E-state index in [4.69, 9.17) is 5.11 Å². The minimum Gasteiger partial charge on any atom is -0.429 e. The average Bonchev–Trinajstić information content (AvgIpc) is 2.32. The second-order valence-corrected chi connectivity index (χ2v) is 2.43. The summed E-state index contributed by atoms with van der Waals surface area (Å²) in [5, 5.41) is 8.20. The Bertz CT molecular complexity index is 314. The Morgan fingerprint density at radius 2 is 2.12 bits per heavy atom. The van der Waals surface area contributed by atoms with Gasteiger partial charge in [0.05, 0.1) is 6.20 Å². The van der Waals surface area contributed by atoms with Gasteiger partial charge in [0.25, 0.3) is 0 Å². The van der Waals surface area contributed by atoms with E-state index in [2.05, 4.69) is 9.72 Å². The Morgan fingerprint density at radius 3 is 2.50 bits per heavy atom. The number of aliphatic hydroxyl groups excluding tert-OH is 1. The molecule has 0 radical (unpaired) electrons. The van der Waals surface area contributed by atoms with E-state index in [9.17, 15) is 13.6 Å². The molecule has 0 saturated heterocycles. The number of rotatable bonds is 4. The van der Waals surface area contributed by atoms with E-state index in [0.717, 1.165) is 6.20 Å². The van der Waals surface area contributed by atoms with Crippen molar-refractivity contribution in [1.29, 1.82) is 0 Å². The van der Waals surface area contributed by atoms with Crippen molar-refractivity contribution in [3.63, 3.8) is 0 Å². The first-order valence-electron chi connectivity index (χ1n) is 4.66. The second kappa shape index (κ2) is 6.84. The van der Waals surface area contributed by atoms with Crippen LogP contribution in [0.1, 0.15) is 24.3 Å². The van der Waals surface area contributed by atoms with Crippen molar-refractivity contribution >= 4 is 6.29 Å². The highest BCUT2D eigenvalue weighted by atomic mass is 19.3. The molecule has 0 aliphatic carbocycles. The van der Waals surface area contributed by atoms with E-state index in [1.54, 1.807) is 0 Å². The quantitative estimate of drug-likeness (QED) is 0.807. The number of hydrogen-bond acceptors (Lipinski definition) is 4. The van der Waals surface area contributed by atoms with E-state index >= 15 is 0 Å². The van der Waals surface area contributed by atoms with Gasteiger partial charge in [-0.05, 0) is 12.1 Å².